The van der Waals surface area contributed by atoms with E-state index in [0.29, 0.717) is 18.2 Å². The van der Waals surface area contributed by atoms with E-state index in [1.54, 1.807) is 6.07 Å². The van der Waals surface area contributed by atoms with E-state index in [2.05, 4.69) is 10.3 Å². The summed E-state index contributed by atoms with van der Waals surface area (Å²) in [5.74, 6) is 1.19. The molecule has 0 saturated heterocycles. The van der Waals surface area contributed by atoms with Crippen molar-refractivity contribution in [3.63, 3.8) is 0 Å². The van der Waals surface area contributed by atoms with Crippen LogP contribution in [-0.4, -0.2) is 28.8 Å². The Morgan fingerprint density at radius 3 is 2.79 bits per heavy atom. The summed E-state index contributed by atoms with van der Waals surface area (Å²) in [6, 6.07) is 3.63. The number of rotatable bonds is 6. The summed E-state index contributed by atoms with van der Waals surface area (Å²) in [6.07, 6.45) is 5.14. The minimum atomic E-state index is -0.231. The minimum Gasteiger partial charge on any atom is -0.476 e. The van der Waals surface area contributed by atoms with Crippen molar-refractivity contribution in [2.45, 2.75) is 44.6 Å². The fraction of sp³-hybridized carbons (Fsp3) is 0.643. The largest absolute Gasteiger partial charge is 0.476 e. The van der Waals surface area contributed by atoms with Crippen LogP contribution >= 0.6 is 0 Å². The van der Waals surface area contributed by atoms with Crippen molar-refractivity contribution in [2.24, 2.45) is 0 Å². The zero-order valence-electron chi connectivity index (χ0n) is 11.5. The highest BCUT2D eigenvalue weighted by atomic mass is 16.5. The van der Waals surface area contributed by atoms with Gasteiger partial charge in [0.2, 0.25) is 5.88 Å². The first-order valence-corrected chi connectivity index (χ1v) is 6.97. The average Bonchev–Trinajstić information content (AvgIpc) is 2.88. The molecule has 0 amide bonds. The normalized spacial score (nSPS) is 17.4. The van der Waals surface area contributed by atoms with Crippen molar-refractivity contribution in [2.75, 3.05) is 24.3 Å². The first-order chi connectivity index (χ1) is 9.19. The summed E-state index contributed by atoms with van der Waals surface area (Å²) < 4.78 is 5.52. The van der Waals surface area contributed by atoms with Crippen LogP contribution in [0.15, 0.2) is 12.1 Å². The van der Waals surface area contributed by atoms with Gasteiger partial charge in [0.25, 0.3) is 0 Å². The van der Waals surface area contributed by atoms with E-state index in [1.165, 1.54) is 0 Å². The lowest BCUT2D eigenvalue weighted by Gasteiger charge is -2.28. The van der Waals surface area contributed by atoms with Crippen molar-refractivity contribution in [1.82, 2.24) is 4.98 Å². The van der Waals surface area contributed by atoms with Crippen LogP contribution in [0.2, 0.25) is 0 Å². The molecule has 5 heteroatoms. The number of hydrogen-bond acceptors (Lipinski definition) is 5. The van der Waals surface area contributed by atoms with E-state index in [4.69, 9.17) is 10.5 Å². The number of hydrogen-bond donors (Lipinski definition) is 3. The van der Waals surface area contributed by atoms with Crippen LogP contribution in [0.4, 0.5) is 11.5 Å². The van der Waals surface area contributed by atoms with E-state index in [-0.39, 0.29) is 12.1 Å². The Kier molecular flexibility index (Phi) is 4.47. The molecule has 1 aromatic heterocycles. The fourth-order valence-electron chi connectivity index (χ4n) is 2.48. The number of nitrogens with zero attached hydrogens (tertiary/aromatic N) is 1. The van der Waals surface area contributed by atoms with Gasteiger partial charge in [0, 0.05) is 0 Å². The second-order valence-corrected chi connectivity index (χ2v) is 5.21. The number of aliphatic hydroxyl groups is 1. The molecule has 4 N–H and O–H groups in total. The average molecular weight is 265 g/mol. The number of aromatic nitrogens is 1. The molecule has 1 heterocycles. The standard InChI is InChI=1S/C14H23N3O2/c1-2-9-19-13-11(15)5-6-12(16-13)17-14(10-18)7-3-4-8-14/h5-6,18H,2-4,7-10,15H2,1H3,(H,16,17). The number of ether oxygens (including phenoxy) is 1. The van der Waals surface area contributed by atoms with E-state index in [0.717, 1.165) is 37.9 Å². The van der Waals surface area contributed by atoms with Crippen molar-refractivity contribution in [3.8, 4) is 5.88 Å². The molecule has 0 unspecified atom stereocenters. The third-order valence-electron chi connectivity index (χ3n) is 3.59. The number of anilines is 2. The number of pyridine rings is 1. The van der Waals surface area contributed by atoms with Gasteiger partial charge in [-0.15, -0.1) is 0 Å². The van der Waals surface area contributed by atoms with Crippen LogP contribution < -0.4 is 15.8 Å². The summed E-state index contributed by atoms with van der Waals surface area (Å²) in [6.45, 7) is 2.77. The van der Waals surface area contributed by atoms with Crippen molar-refractivity contribution in [1.29, 1.82) is 0 Å². The zero-order valence-corrected chi connectivity index (χ0v) is 11.5. The molecule has 1 saturated carbocycles. The third kappa shape index (κ3) is 3.29. The van der Waals surface area contributed by atoms with Crippen LogP contribution in [-0.2, 0) is 0 Å². The van der Waals surface area contributed by atoms with E-state index in [1.807, 2.05) is 13.0 Å². The Hall–Kier alpha value is -1.49. The molecule has 19 heavy (non-hydrogen) atoms. The fourth-order valence-corrected chi connectivity index (χ4v) is 2.48. The molecule has 0 atom stereocenters. The number of nitrogens with one attached hydrogen (secondary N) is 1. The van der Waals surface area contributed by atoms with Crippen molar-refractivity contribution in [3.05, 3.63) is 12.1 Å². The summed E-state index contributed by atoms with van der Waals surface area (Å²) in [5, 5.41) is 12.9. The second-order valence-electron chi connectivity index (χ2n) is 5.21. The maximum absolute atomic E-state index is 9.60. The lowest BCUT2D eigenvalue weighted by Crippen LogP contribution is -2.39. The minimum absolute atomic E-state index is 0.129. The van der Waals surface area contributed by atoms with Gasteiger partial charge in [0.15, 0.2) is 0 Å². The van der Waals surface area contributed by atoms with Gasteiger partial charge in [-0.05, 0) is 31.4 Å². The molecule has 1 fully saturated rings. The van der Waals surface area contributed by atoms with Crippen LogP contribution in [0, 0.1) is 0 Å². The van der Waals surface area contributed by atoms with Gasteiger partial charge in [-0.1, -0.05) is 19.8 Å². The smallest absolute Gasteiger partial charge is 0.239 e. The van der Waals surface area contributed by atoms with Gasteiger partial charge in [-0.2, -0.15) is 4.98 Å². The summed E-state index contributed by atoms with van der Waals surface area (Å²) in [5.41, 5.74) is 6.15. The molecular formula is C14H23N3O2. The first-order valence-electron chi connectivity index (χ1n) is 6.97. The van der Waals surface area contributed by atoms with E-state index >= 15 is 0 Å². The molecule has 0 radical (unpaired) electrons. The van der Waals surface area contributed by atoms with Gasteiger partial charge in [0.05, 0.1) is 24.4 Å². The maximum Gasteiger partial charge on any atom is 0.239 e. The lowest BCUT2D eigenvalue weighted by molar-refractivity contribution is 0.213. The Labute approximate surface area is 114 Å². The molecule has 1 aliphatic rings. The van der Waals surface area contributed by atoms with Gasteiger partial charge in [0.1, 0.15) is 5.82 Å². The highest BCUT2D eigenvalue weighted by Gasteiger charge is 2.33. The highest BCUT2D eigenvalue weighted by Crippen LogP contribution is 2.33. The van der Waals surface area contributed by atoms with Crippen LogP contribution in [0.1, 0.15) is 39.0 Å². The SMILES string of the molecule is CCCOc1nc(NC2(CO)CCCC2)ccc1N. The molecule has 2 rings (SSSR count). The van der Waals surface area contributed by atoms with Gasteiger partial charge >= 0.3 is 0 Å². The summed E-state index contributed by atoms with van der Waals surface area (Å²) in [7, 11) is 0. The van der Waals surface area contributed by atoms with Gasteiger partial charge in [-0.3, -0.25) is 0 Å². The lowest BCUT2D eigenvalue weighted by atomic mass is 9.99. The number of nitrogens with two attached hydrogens (primary N) is 1. The van der Waals surface area contributed by atoms with E-state index in [9.17, 15) is 5.11 Å². The predicted molar refractivity (Wildman–Crippen MR) is 76.3 cm³/mol. The molecule has 106 valence electrons. The predicted octanol–water partition coefficient (Wildman–Crippen LogP) is 2.17. The molecule has 0 bridgehead atoms. The third-order valence-corrected chi connectivity index (χ3v) is 3.59. The molecular weight excluding hydrogens is 242 g/mol. The van der Waals surface area contributed by atoms with Crippen LogP contribution in [0.3, 0.4) is 0 Å². The Morgan fingerprint density at radius 1 is 1.42 bits per heavy atom. The quantitative estimate of drug-likeness (QED) is 0.734. The number of aliphatic hydroxyl groups excluding tert-OH is 1. The first kappa shape index (κ1) is 13.9. The molecule has 0 spiro atoms. The topological polar surface area (TPSA) is 80.4 Å². The molecule has 5 nitrogen and oxygen atoms in total. The zero-order chi connectivity index (χ0) is 13.7. The summed E-state index contributed by atoms with van der Waals surface area (Å²) >= 11 is 0. The number of nitrogen functional groups attached to an aromatic ring is 1. The highest BCUT2D eigenvalue weighted by molar-refractivity contribution is 5.54. The summed E-state index contributed by atoms with van der Waals surface area (Å²) in [4.78, 5) is 4.40. The maximum atomic E-state index is 9.60. The van der Waals surface area contributed by atoms with Crippen molar-refractivity contribution < 1.29 is 9.84 Å². The Bertz CT molecular complexity index is 417. The molecule has 1 aliphatic carbocycles. The monoisotopic (exact) mass is 265 g/mol. The van der Waals surface area contributed by atoms with E-state index < -0.39 is 0 Å². The molecule has 0 aliphatic heterocycles. The second kappa shape index (κ2) is 6.10. The Morgan fingerprint density at radius 2 is 2.16 bits per heavy atom. The Balaban J connectivity index is 2.11. The van der Waals surface area contributed by atoms with Crippen LogP contribution in [0.25, 0.3) is 0 Å². The van der Waals surface area contributed by atoms with Crippen LogP contribution in [0.5, 0.6) is 5.88 Å². The molecule has 1 aromatic rings. The van der Waals surface area contributed by atoms with Gasteiger partial charge in [-0.25, -0.2) is 0 Å². The molecule has 0 aromatic carbocycles. The van der Waals surface area contributed by atoms with Crippen molar-refractivity contribution >= 4 is 11.5 Å². The van der Waals surface area contributed by atoms with Gasteiger partial charge < -0.3 is 20.9 Å².